The minimum Gasteiger partial charge on any atom is -0.451 e. The van der Waals surface area contributed by atoms with Gasteiger partial charge in [0.1, 0.15) is 5.58 Å². The van der Waals surface area contributed by atoms with Crippen LogP contribution in [0.5, 0.6) is 0 Å². The van der Waals surface area contributed by atoms with Gasteiger partial charge in [-0.05, 0) is 32.3 Å². The van der Waals surface area contributed by atoms with Gasteiger partial charge in [0.05, 0.1) is 17.7 Å². The lowest BCUT2D eigenvalue weighted by Crippen LogP contribution is -2.33. The van der Waals surface area contributed by atoms with E-state index in [9.17, 15) is 9.59 Å². The number of benzene rings is 2. The van der Waals surface area contributed by atoms with Gasteiger partial charge in [-0.15, -0.1) is 0 Å². The van der Waals surface area contributed by atoms with Gasteiger partial charge in [0, 0.05) is 29.1 Å². The molecule has 30 heavy (non-hydrogen) atoms. The average molecular weight is 402 g/mol. The zero-order valence-corrected chi connectivity index (χ0v) is 16.8. The van der Waals surface area contributed by atoms with E-state index >= 15 is 0 Å². The number of pyridine rings is 1. The third kappa shape index (κ3) is 4.01. The van der Waals surface area contributed by atoms with Gasteiger partial charge in [0.2, 0.25) is 5.91 Å². The lowest BCUT2D eigenvalue weighted by atomic mass is 10.1. The van der Waals surface area contributed by atoms with Crippen molar-refractivity contribution in [2.45, 2.75) is 6.54 Å². The number of carbonyl (C=O) groups is 2. The van der Waals surface area contributed by atoms with E-state index in [1.165, 1.54) is 0 Å². The molecule has 0 radical (unpaired) electrons. The minimum absolute atomic E-state index is 0.180. The summed E-state index contributed by atoms with van der Waals surface area (Å²) in [4.78, 5) is 31.5. The first-order chi connectivity index (χ1) is 14.5. The third-order valence-electron chi connectivity index (χ3n) is 4.70. The van der Waals surface area contributed by atoms with E-state index in [-0.39, 0.29) is 18.2 Å². The maximum Gasteiger partial charge on any atom is 0.287 e. The second-order valence-corrected chi connectivity index (χ2v) is 7.26. The van der Waals surface area contributed by atoms with Crippen molar-refractivity contribution in [2.75, 3.05) is 26.0 Å². The minimum atomic E-state index is -0.422. The van der Waals surface area contributed by atoms with Crippen molar-refractivity contribution < 1.29 is 14.0 Å². The Balaban J connectivity index is 1.49. The van der Waals surface area contributed by atoms with Crippen molar-refractivity contribution in [2.24, 2.45) is 0 Å². The van der Waals surface area contributed by atoms with Gasteiger partial charge in [-0.1, -0.05) is 36.4 Å². The second kappa shape index (κ2) is 8.34. The number of anilines is 1. The molecule has 152 valence electrons. The number of fused-ring (bicyclic) bond motifs is 2. The van der Waals surface area contributed by atoms with Crippen LogP contribution in [-0.2, 0) is 11.3 Å². The molecule has 0 saturated heterocycles. The van der Waals surface area contributed by atoms with E-state index in [0.717, 1.165) is 16.3 Å². The van der Waals surface area contributed by atoms with Gasteiger partial charge in [-0.3, -0.25) is 14.6 Å². The summed E-state index contributed by atoms with van der Waals surface area (Å²) in [5.41, 5.74) is 2.74. The third-order valence-corrected chi connectivity index (χ3v) is 4.70. The molecule has 2 aromatic heterocycles. The molecule has 0 atom stereocenters. The van der Waals surface area contributed by atoms with Crippen molar-refractivity contribution in [1.29, 1.82) is 0 Å². The van der Waals surface area contributed by atoms with Gasteiger partial charge in [0.15, 0.2) is 5.76 Å². The van der Waals surface area contributed by atoms with Gasteiger partial charge in [-0.25, -0.2) is 0 Å². The standard InChI is InChI=1S/C23H22N4O3/c1-27(2)14-17-16-9-3-4-11-19(16)30-22(17)23(29)25-13-20(28)26-18-10-5-7-15-8-6-12-24-21(15)18/h3-12H,13-14H2,1-2H3,(H,25,29)(H,26,28). The molecule has 7 nitrogen and oxygen atoms in total. The van der Waals surface area contributed by atoms with Crippen LogP contribution in [0, 0.1) is 0 Å². The fourth-order valence-corrected chi connectivity index (χ4v) is 3.40. The molecule has 4 aromatic rings. The smallest absolute Gasteiger partial charge is 0.287 e. The molecule has 0 fully saturated rings. The Hall–Kier alpha value is -3.71. The number of carbonyl (C=O) groups excluding carboxylic acids is 2. The first-order valence-electron chi connectivity index (χ1n) is 9.60. The first kappa shape index (κ1) is 19.6. The van der Waals surface area contributed by atoms with Crippen LogP contribution in [0.25, 0.3) is 21.9 Å². The normalized spacial score (nSPS) is 11.2. The van der Waals surface area contributed by atoms with Gasteiger partial charge >= 0.3 is 0 Å². The summed E-state index contributed by atoms with van der Waals surface area (Å²) >= 11 is 0. The fourth-order valence-electron chi connectivity index (χ4n) is 3.40. The number of amides is 2. The molecule has 0 bridgehead atoms. The lowest BCUT2D eigenvalue weighted by molar-refractivity contribution is -0.115. The molecule has 0 aliphatic rings. The monoisotopic (exact) mass is 402 g/mol. The molecule has 7 heteroatoms. The van der Waals surface area contributed by atoms with E-state index in [2.05, 4.69) is 15.6 Å². The zero-order valence-electron chi connectivity index (χ0n) is 16.8. The number of furan rings is 1. The molecule has 4 rings (SSSR count). The molecular weight excluding hydrogens is 380 g/mol. The predicted octanol–water partition coefficient (Wildman–Crippen LogP) is 3.41. The maximum absolute atomic E-state index is 12.8. The van der Waals surface area contributed by atoms with Crippen LogP contribution in [0.4, 0.5) is 5.69 Å². The lowest BCUT2D eigenvalue weighted by Gasteiger charge is -2.11. The van der Waals surface area contributed by atoms with Crippen molar-refractivity contribution in [3.05, 3.63) is 72.1 Å². The highest BCUT2D eigenvalue weighted by Gasteiger charge is 2.21. The Morgan fingerprint density at radius 1 is 1.03 bits per heavy atom. The van der Waals surface area contributed by atoms with Gasteiger partial charge < -0.3 is 20.0 Å². The number of aromatic nitrogens is 1. The largest absolute Gasteiger partial charge is 0.451 e. The van der Waals surface area contributed by atoms with Crippen molar-refractivity contribution >= 4 is 39.4 Å². The van der Waals surface area contributed by atoms with E-state index in [1.807, 2.05) is 67.5 Å². The Morgan fingerprint density at radius 2 is 1.83 bits per heavy atom. The Morgan fingerprint density at radius 3 is 2.67 bits per heavy atom. The molecule has 0 aliphatic heterocycles. The van der Waals surface area contributed by atoms with Crippen molar-refractivity contribution in [3.63, 3.8) is 0 Å². The van der Waals surface area contributed by atoms with Crippen LogP contribution >= 0.6 is 0 Å². The van der Waals surface area contributed by atoms with E-state index in [1.54, 1.807) is 12.3 Å². The van der Waals surface area contributed by atoms with Crippen LogP contribution < -0.4 is 10.6 Å². The Bertz CT molecular complexity index is 1220. The van der Waals surface area contributed by atoms with Crippen LogP contribution in [0.2, 0.25) is 0 Å². The second-order valence-electron chi connectivity index (χ2n) is 7.26. The summed E-state index contributed by atoms with van der Waals surface area (Å²) in [5.74, 6) is -0.537. The summed E-state index contributed by atoms with van der Waals surface area (Å²) in [6.45, 7) is 0.369. The van der Waals surface area contributed by atoms with E-state index < -0.39 is 5.91 Å². The molecule has 2 heterocycles. The SMILES string of the molecule is CN(C)Cc1c(C(=O)NCC(=O)Nc2cccc3cccnc23)oc2ccccc12. The average Bonchev–Trinajstić information content (AvgIpc) is 3.10. The Kier molecular flexibility index (Phi) is 5.45. The topological polar surface area (TPSA) is 87.5 Å². The summed E-state index contributed by atoms with van der Waals surface area (Å²) in [5, 5.41) is 7.29. The van der Waals surface area contributed by atoms with Crippen LogP contribution in [0.1, 0.15) is 16.1 Å². The van der Waals surface area contributed by atoms with Crippen LogP contribution in [-0.4, -0.2) is 42.3 Å². The molecule has 2 amide bonds. The fraction of sp³-hybridized carbons (Fsp3) is 0.174. The highest BCUT2D eigenvalue weighted by atomic mass is 16.3. The highest BCUT2D eigenvalue weighted by Crippen LogP contribution is 2.27. The molecule has 0 aliphatic carbocycles. The van der Waals surface area contributed by atoms with Gasteiger partial charge in [-0.2, -0.15) is 0 Å². The van der Waals surface area contributed by atoms with E-state index in [4.69, 9.17) is 4.42 Å². The molecule has 0 unspecified atom stereocenters. The molecular formula is C23H22N4O3. The Labute approximate surface area is 173 Å². The zero-order chi connectivity index (χ0) is 21.1. The van der Waals surface area contributed by atoms with Crippen molar-refractivity contribution in [1.82, 2.24) is 15.2 Å². The number of rotatable bonds is 6. The molecule has 0 spiro atoms. The summed E-state index contributed by atoms with van der Waals surface area (Å²) in [6, 6.07) is 16.8. The van der Waals surface area contributed by atoms with Crippen LogP contribution in [0.15, 0.2) is 65.2 Å². The number of nitrogens with one attached hydrogen (secondary N) is 2. The quantitative estimate of drug-likeness (QED) is 0.516. The summed E-state index contributed by atoms with van der Waals surface area (Å²) in [6.07, 6.45) is 1.67. The predicted molar refractivity (Wildman–Crippen MR) is 116 cm³/mol. The first-order valence-corrected chi connectivity index (χ1v) is 9.60. The summed E-state index contributed by atoms with van der Waals surface area (Å²) in [7, 11) is 3.85. The van der Waals surface area contributed by atoms with Gasteiger partial charge in [0.25, 0.3) is 5.91 Å². The highest BCUT2D eigenvalue weighted by molar-refractivity contribution is 6.04. The molecule has 0 saturated carbocycles. The van der Waals surface area contributed by atoms with Crippen molar-refractivity contribution in [3.8, 4) is 0 Å². The molecule has 2 N–H and O–H groups in total. The van der Waals surface area contributed by atoms with E-state index in [0.29, 0.717) is 23.3 Å². The van der Waals surface area contributed by atoms with Crippen LogP contribution in [0.3, 0.4) is 0 Å². The number of hydrogen-bond donors (Lipinski definition) is 2. The number of hydrogen-bond acceptors (Lipinski definition) is 5. The molecule has 2 aromatic carbocycles. The number of nitrogens with zero attached hydrogens (tertiary/aromatic N) is 2. The summed E-state index contributed by atoms with van der Waals surface area (Å²) < 4.78 is 5.79. The number of para-hydroxylation sites is 2. The maximum atomic E-state index is 12.8.